The molecule has 2 unspecified atom stereocenters. The number of ether oxygens (including phenoxy) is 3. The van der Waals surface area contributed by atoms with Gasteiger partial charge in [-0.2, -0.15) is 9.97 Å². The highest BCUT2D eigenvalue weighted by molar-refractivity contribution is 6.02. The number of hydrogen-bond acceptors (Lipinski definition) is 10. The summed E-state index contributed by atoms with van der Waals surface area (Å²) in [4.78, 5) is 45.7. The number of alkyl halides is 3. The fraction of sp³-hybridized carbons (Fsp3) is 0.548. The number of halogens is 5. The minimum Gasteiger partial charge on any atom is -0.461 e. The number of amides is 2. The zero-order chi connectivity index (χ0) is 41.1. The smallest absolute Gasteiger partial charge is 0.415 e. The number of nitrogens with one attached hydrogen (secondary N) is 1. The molecule has 0 spiro atoms. The van der Waals surface area contributed by atoms with Crippen LogP contribution in [0.4, 0.5) is 37.4 Å². The number of alkyl carbamates (subject to hydrolysis) is 1. The summed E-state index contributed by atoms with van der Waals surface area (Å²) in [5.74, 6) is -4.28. The van der Waals surface area contributed by atoms with Crippen molar-refractivity contribution < 1.29 is 45.8 Å². The van der Waals surface area contributed by atoms with Crippen LogP contribution in [0.2, 0.25) is 0 Å². The van der Waals surface area contributed by atoms with Crippen LogP contribution in [0.5, 0.6) is 11.8 Å². The van der Waals surface area contributed by atoms with Crippen molar-refractivity contribution in [1.29, 1.82) is 0 Å². The largest absolute Gasteiger partial charge is 0.461 e. The predicted molar refractivity (Wildman–Crippen MR) is 208 cm³/mol. The van der Waals surface area contributed by atoms with Gasteiger partial charge in [0.2, 0.25) is 5.92 Å². The van der Waals surface area contributed by atoms with Crippen molar-refractivity contribution in [3.63, 3.8) is 0 Å². The van der Waals surface area contributed by atoms with Crippen LogP contribution in [0.15, 0.2) is 30.5 Å². The van der Waals surface area contributed by atoms with Gasteiger partial charge in [-0.05, 0) is 99.5 Å². The Hall–Kier alpha value is -5.06. The van der Waals surface area contributed by atoms with E-state index < -0.39 is 47.9 Å². The molecule has 8 heterocycles. The number of fused-ring (bicyclic) bond motifs is 7. The molecule has 2 aromatic heterocycles. The average Bonchev–Trinajstić information content (AvgIpc) is 3.71. The Bertz CT molecular complexity index is 2310. The van der Waals surface area contributed by atoms with Crippen LogP contribution < -0.4 is 19.7 Å². The Balaban J connectivity index is 1.20. The predicted octanol–water partition coefficient (Wildman–Crippen LogP) is 7.73. The monoisotopic (exact) mass is 823 g/mol. The van der Waals surface area contributed by atoms with E-state index in [1.807, 2.05) is 0 Å². The van der Waals surface area contributed by atoms with E-state index in [1.54, 1.807) is 11.8 Å². The summed E-state index contributed by atoms with van der Waals surface area (Å²) in [5, 5.41) is 3.63. The molecule has 12 nitrogen and oxygen atoms in total. The van der Waals surface area contributed by atoms with Crippen molar-refractivity contribution in [3.8, 4) is 23.0 Å². The Labute approximate surface area is 337 Å². The van der Waals surface area contributed by atoms with Crippen LogP contribution in [0.3, 0.4) is 0 Å². The summed E-state index contributed by atoms with van der Waals surface area (Å²) in [7, 11) is 0. The molecule has 0 radical (unpaired) electrons. The highest BCUT2D eigenvalue weighted by Gasteiger charge is 2.45. The van der Waals surface area contributed by atoms with Gasteiger partial charge in [0.1, 0.15) is 41.4 Å². The maximum absolute atomic E-state index is 17.5. The lowest BCUT2D eigenvalue weighted by Crippen LogP contribution is -2.60. The van der Waals surface area contributed by atoms with Gasteiger partial charge in [0.25, 0.3) is 0 Å². The quantitative estimate of drug-likeness (QED) is 0.205. The molecule has 6 aliphatic heterocycles. The molecule has 10 rings (SSSR count). The topological polar surface area (TPSA) is 122 Å². The minimum absolute atomic E-state index is 0.0141. The second-order valence-corrected chi connectivity index (χ2v) is 17.0. The number of rotatable bonds is 4. The minimum atomic E-state index is -2.90. The molecular weight excluding hydrogens is 777 g/mol. The zero-order valence-electron chi connectivity index (χ0n) is 32.8. The maximum atomic E-state index is 17.5. The number of aryl methyl sites for hydroxylation is 1. The molecule has 4 aromatic rings. The van der Waals surface area contributed by atoms with Crippen LogP contribution >= 0.6 is 0 Å². The van der Waals surface area contributed by atoms with Crippen molar-refractivity contribution >= 4 is 39.7 Å². The lowest BCUT2D eigenvalue weighted by molar-refractivity contribution is -0.0125. The molecule has 4 fully saturated rings. The molecule has 2 atom stereocenters. The summed E-state index contributed by atoms with van der Waals surface area (Å²) in [5.41, 5.74) is -1.48. The summed E-state index contributed by atoms with van der Waals surface area (Å²) < 4.78 is 95.1. The molecule has 0 saturated carbocycles. The van der Waals surface area contributed by atoms with E-state index >= 15 is 13.2 Å². The van der Waals surface area contributed by atoms with Crippen LogP contribution in [0.1, 0.15) is 70.3 Å². The highest BCUT2D eigenvalue weighted by atomic mass is 19.3. The molecule has 1 N–H and O–H groups in total. The van der Waals surface area contributed by atoms with E-state index in [-0.39, 0.29) is 128 Å². The molecule has 17 heteroatoms. The van der Waals surface area contributed by atoms with Crippen molar-refractivity contribution in [3.05, 3.63) is 47.7 Å². The van der Waals surface area contributed by atoms with Gasteiger partial charge in [0.05, 0.1) is 29.6 Å². The fourth-order valence-electron chi connectivity index (χ4n) is 9.86. The first kappa shape index (κ1) is 39.4. The third kappa shape index (κ3) is 7.66. The lowest BCUT2D eigenvalue weighted by atomic mass is 9.90. The van der Waals surface area contributed by atoms with E-state index in [0.29, 0.717) is 5.39 Å². The van der Waals surface area contributed by atoms with Gasteiger partial charge < -0.3 is 29.3 Å². The number of nitrogens with zero attached hydrogens (tertiary/aromatic N) is 6. The first-order chi connectivity index (χ1) is 28.3. The zero-order valence-corrected chi connectivity index (χ0v) is 32.8. The van der Waals surface area contributed by atoms with Crippen molar-refractivity contribution in [1.82, 2.24) is 30.1 Å². The summed E-state index contributed by atoms with van der Waals surface area (Å²) in [6, 6.07) is 5.47. The molecule has 2 amide bonds. The van der Waals surface area contributed by atoms with E-state index in [4.69, 9.17) is 19.2 Å². The average molecular weight is 824 g/mol. The normalized spacial score (nSPS) is 24.4. The van der Waals surface area contributed by atoms with Gasteiger partial charge in [0, 0.05) is 50.7 Å². The number of benzene rings is 2. The van der Waals surface area contributed by atoms with Crippen LogP contribution in [-0.4, -0.2) is 113 Å². The van der Waals surface area contributed by atoms with Crippen LogP contribution in [0, 0.1) is 11.6 Å². The molecule has 6 bridgehead atoms. The third-order valence-electron chi connectivity index (χ3n) is 12.6. The van der Waals surface area contributed by atoms with E-state index in [2.05, 4.69) is 20.2 Å². The molecule has 0 aliphatic carbocycles. The van der Waals surface area contributed by atoms with Gasteiger partial charge in [-0.3, -0.25) is 9.88 Å². The van der Waals surface area contributed by atoms with E-state index in [9.17, 15) is 18.4 Å². The van der Waals surface area contributed by atoms with Gasteiger partial charge in [0.15, 0.2) is 5.82 Å². The molecule has 6 aliphatic rings. The fourth-order valence-corrected chi connectivity index (χ4v) is 9.86. The number of aromatic nitrogens is 3. The number of carbonyl (C=O) groups excluding carboxylic acids is 2. The summed E-state index contributed by atoms with van der Waals surface area (Å²) in [6.45, 7) is 3.60. The number of piperidine rings is 1. The van der Waals surface area contributed by atoms with Gasteiger partial charge in [-0.1, -0.05) is 6.07 Å². The van der Waals surface area contributed by atoms with Crippen molar-refractivity contribution in [2.45, 2.75) is 94.3 Å². The summed E-state index contributed by atoms with van der Waals surface area (Å²) >= 11 is 0. The second kappa shape index (κ2) is 15.2. The SMILES string of the molecule is CC12CC(F)CN(C1)c1nc(OCC34CCCN3CCC4)nc3c(F)c(ncc13)-c1cc(OC(=O)N3CCCC(F)(F)CC3)cc3ccc(F)c(c13)CCCOC(=O)N2. The number of likely N-dealkylation sites (tertiary alicyclic amines) is 1. The van der Waals surface area contributed by atoms with Gasteiger partial charge in [-0.25, -0.2) is 31.5 Å². The third-order valence-corrected chi connectivity index (χ3v) is 12.6. The lowest BCUT2D eigenvalue weighted by Gasteiger charge is -2.42. The highest BCUT2D eigenvalue weighted by Crippen LogP contribution is 2.42. The van der Waals surface area contributed by atoms with Crippen molar-refractivity contribution in [2.75, 3.05) is 57.4 Å². The number of carbonyl (C=O) groups is 2. The molecule has 4 saturated heterocycles. The Morgan fingerprint density at radius 2 is 1.81 bits per heavy atom. The van der Waals surface area contributed by atoms with Crippen LogP contribution in [-0.2, 0) is 11.2 Å². The molecule has 314 valence electrons. The Morgan fingerprint density at radius 1 is 1.02 bits per heavy atom. The number of anilines is 1. The van der Waals surface area contributed by atoms with Crippen LogP contribution in [0.25, 0.3) is 32.9 Å². The number of hydrogen-bond donors (Lipinski definition) is 1. The van der Waals surface area contributed by atoms with Gasteiger partial charge in [-0.15, -0.1) is 0 Å². The standard InChI is InChI=1S/C42H46F5N7O5/c1-40-20-26(43)22-53(23-40)36-30-21-48-34(33(45)35(30)49-37(50-36)58-24-41-9-3-14-54(41)15-4-10-41)29-19-27(59-39(56)52-13-5-11-42(46,47)12-16-52)18-25-7-8-31(44)28(32(25)29)6-2-17-57-38(55)51-40/h7-8,18-19,21,26H,2-6,9-17,20,22-24H2,1H3,(H,51,55). The van der Waals surface area contributed by atoms with E-state index in [0.717, 1.165) is 38.8 Å². The first-order valence-corrected chi connectivity index (χ1v) is 20.5. The molecular formula is C42H46F5N7O5. The molecule has 59 heavy (non-hydrogen) atoms. The first-order valence-electron chi connectivity index (χ1n) is 20.5. The second-order valence-electron chi connectivity index (χ2n) is 17.0. The Morgan fingerprint density at radius 3 is 2.63 bits per heavy atom. The Kier molecular flexibility index (Phi) is 10.2. The molecule has 2 aromatic carbocycles. The number of pyridine rings is 1. The van der Waals surface area contributed by atoms with E-state index in [1.165, 1.54) is 35.4 Å². The van der Waals surface area contributed by atoms with Crippen molar-refractivity contribution in [2.24, 2.45) is 0 Å². The maximum Gasteiger partial charge on any atom is 0.415 e. The van der Waals surface area contributed by atoms with Gasteiger partial charge >= 0.3 is 18.2 Å². The summed E-state index contributed by atoms with van der Waals surface area (Å²) in [6.07, 6.45) is 1.70.